The number of nitriles is 1. The van der Waals surface area contributed by atoms with E-state index in [0.717, 1.165) is 29.8 Å². The predicted octanol–water partition coefficient (Wildman–Crippen LogP) is 4.88. The van der Waals surface area contributed by atoms with Gasteiger partial charge in [0.05, 0.1) is 16.8 Å². The Bertz CT molecular complexity index is 667. The molecule has 108 valence electrons. The summed E-state index contributed by atoms with van der Waals surface area (Å²) in [6, 6.07) is 12.4. The van der Waals surface area contributed by atoms with Crippen molar-refractivity contribution in [1.82, 2.24) is 0 Å². The number of alkyl halides is 3. The van der Waals surface area contributed by atoms with Crippen LogP contribution in [0.3, 0.4) is 0 Å². The molecule has 5 heteroatoms. The van der Waals surface area contributed by atoms with Crippen molar-refractivity contribution in [2.75, 3.05) is 5.32 Å². The monoisotopic (exact) mass is 290 g/mol. The van der Waals surface area contributed by atoms with Gasteiger partial charge in [-0.2, -0.15) is 18.4 Å². The second kappa shape index (κ2) is 5.88. The Hall–Kier alpha value is -2.48. The number of hydrogen-bond acceptors (Lipinski definition) is 2. The SMILES string of the molecule is CCc1ccc(Nc2ccc(C(F)(F)F)cc2C#N)cc1. The Labute approximate surface area is 120 Å². The van der Waals surface area contributed by atoms with Crippen molar-refractivity contribution in [2.24, 2.45) is 0 Å². The van der Waals surface area contributed by atoms with Gasteiger partial charge in [0.15, 0.2) is 0 Å². The van der Waals surface area contributed by atoms with Gasteiger partial charge >= 0.3 is 6.18 Å². The molecule has 0 saturated carbocycles. The molecule has 21 heavy (non-hydrogen) atoms. The largest absolute Gasteiger partial charge is 0.416 e. The molecular weight excluding hydrogens is 277 g/mol. The summed E-state index contributed by atoms with van der Waals surface area (Å²) >= 11 is 0. The Balaban J connectivity index is 2.29. The van der Waals surface area contributed by atoms with E-state index in [0.29, 0.717) is 5.69 Å². The minimum absolute atomic E-state index is 0.0376. The molecule has 0 aliphatic rings. The van der Waals surface area contributed by atoms with Gasteiger partial charge in [-0.1, -0.05) is 19.1 Å². The molecule has 0 bridgehead atoms. The average Bonchev–Trinajstić information content (AvgIpc) is 2.47. The molecule has 0 amide bonds. The molecule has 2 aromatic carbocycles. The summed E-state index contributed by atoms with van der Waals surface area (Å²) in [5.41, 5.74) is 1.38. The lowest BCUT2D eigenvalue weighted by Crippen LogP contribution is -2.06. The number of rotatable bonds is 3. The summed E-state index contributed by atoms with van der Waals surface area (Å²) in [4.78, 5) is 0. The topological polar surface area (TPSA) is 35.8 Å². The number of anilines is 2. The van der Waals surface area contributed by atoms with Crippen LogP contribution in [-0.4, -0.2) is 0 Å². The number of hydrogen-bond donors (Lipinski definition) is 1. The van der Waals surface area contributed by atoms with E-state index in [4.69, 9.17) is 5.26 Å². The van der Waals surface area contributed by atoms with Crippen LogP contribution in [0.2, 0.25) is 0 Å². The van der Waals surface area contributed by atoms with Crippen LogP contribution in [0.1, 0.15) is 23.6 Å². The maximum atomic E-state index is 12.6. The third kappa shape index (κ3) is 3.54. The van der Waals surface area contributed by atoms with Crippen molar-refractivity contribution in [1.29, 1.82) is 5.26 Å². The van der Waals surface area contributed by atoms with Crippen LogP contribution in [0.15, 0.2) is 42.5 Å². The van der Waals surface area contributed by atoms with Gasteiger partial charge in [-0.15, -0.1) is 0 Å². The van der Waals surface area contributed by atoms with Crippen LogP contribution >= 0.6 is 0 Å². The number of aryl methyl sites for hydroxylation is 1. The van der Waals surface area contributed by atoms with E-state index in [1.807, 2.05) is 31.2 Å². The molecule has 1 N–H and O–H groups in total. The lowest BCUT2D eigenvalue weighted by atomic mass is 10.1. The quantitative estimate of drug-likeness (QED) is 0.874. The first-order valence-electron chi connectivity index (χ1n) is 6.41. The maximum Gasteiger partial charge on any atom is 0.416 e. The fourth-order valence-corrected chi connectivity index (χ4v) is 1.90. The van der Waals surface area contributed by atoms with Gasteiger partial charge in [-0.25, -0.2) is 0 Å². The highest BCUT2D eigenvalue weighted by Crippen LogP contribution is 2.32. The van der Waals surface area contributed by atoms with Crippen molar-refractivity contribution >= 4 is 11.4 Å². The lowest BCUT2D eigenvalue weighted by Gasteiger charge is -2.12. The fourth-order valence-electron chi connectivity index (χ4n) is 1.90. The first-order valence-corrected chi connectivity index (χ1v) is 6.41. The minimum Gasteiger partial charge on any atom is -0.354 e. The van der Waals surface area contributed by atoms with E-state index < -0.39 is 11.7 Å². The molecule has 0 aliphatic heterocycles. The summed E-state index contributed by atoms with van der Waals surface area (Å²) in [5.74, 6) is 0. The zero-order valence-electron chi connectivity index (χ0n) is 11.3. The number of nitrogens with one attached hydrogen (secondary N) is 1. The first kappa shape index (κ1) is 14.9. The van der Waals surface area contributed by atoms with E-state index in [1.165, 1.54) is 6.07 Å². The molecular formula is C16H13F3N2. The van der Waals surface area contributed by atoms with Gasteiger partial charge < -0.3 is 5.32 Å². The van der Waals surface area contributed by atoms with Crippen molar-refractivity contribution in [3.63, 3.8) is 0 Å². The standard InChI is InChI=1S/C16H13F3N2/c1-2-11-3-6-14(7-4-11)21-15-8-5-13(16(17,18)19)9-12(15)10-20/h3-9,21H,2H2,1H3. The van der Waals surface area contributed by atoms with Crippen LogP contribution in [-0.2, 0) is 12.6 Å². The molecule has 0 heterocycles. The highest BCUT2D eigenvalue weighted by molar-refractivity contribution is 5.67. The Morgan fingerprint density at radius 2 is 1.76 bits per heavy atom. The van der Waals surface area contributed by atoms with Crippen LogP contribution in [0.4, 0.5) is 24.5 Å². The van der Waals surface area contributed by atoms with E-state index >= 15 is 0 Å². The third-order valence-corrected chi connectivity index (χ3v) is 3.11. The Kier molecular flexibility index (Phi) is 4.18. The molecule has 0 unspecified atom stereocenters. The Morgan fingerprint density at radius 3 is 2.29 bits per heavy atom. The van der Waals surface area contributed by atoms with Gasteiger partial charge in [0.1, 0.15) is 6.07 Å². The first-order chi connectivity index (χ1) is 9.94. The number of nitrogens with zero attached hydrogens (tertiary/aromatic N) is 1. The van der Waals surface area contributed by atoms with Crippen molar-refractivity contribution < 1.29 is 13.2 Å². The van der Waals surface area contributed by atoms with E-state index in [1.54, 1.807) is 6.07 Å². The zero-order chi connectivity index (χ0) is 15.5. The molecule has 2 rings (SSSR count). The van der Waals surface area contributed by atoms with Crippen LogP contribution < -0.4 is 5.32 Å². The molecule has 0 aromatic heterocycles. The molecule has 0 radical (unpaired) electrons. The summed E-state index contributed by atoms with van der Waals surface area (Å²) in [7, 11) is 0. The van der Waals surface area contributed by atoms with Gasteiger partial charge in [-0.05, 0) is 42.3 Å². The van der Waals surface area contributed by atoms with E-state index in [9.17, 15) is 13.2 Å². The molecule has 0 aliphatic carbocycles. The number of halogens is 3. The summed E-state index contributed by atoms with van der Waals surface area (Å²) in [6.07, 6.45) is -3.54. The predicted molar refractivity (Wildman–Crippen MR) is 75.3 cm³/mol. The Morgan fingerprint density at radius 1 is 1.10 bits per heavy atom. The average molecular weight is 290 g/mol. The van der Waals surface area contributed by atoms with E-state index in [2.05, 4.69) is 5.32 Å². The minimum atomic E-state index is -4.45. The highest BCUT2D eigenvalue weighted by atomic mass is 19.4. The molecule has 0 spiro atoms. The normalized spacial score (nSPS) is 11.0. The van der Waals surface area contributed by atoms with Gasteiger partial charge in [0.25, 0.3) is 0 Å². The highest BCUT2D eigenvalue weighted by Gasteiger charge is 2.31. The number of benzene rings is 2. The fraction of sp³-hybridized carbons (Fsp3) is 0.188. The van der Waals surface area contributed by atoms with Gasteiger partial charge in [0.2, 0.25) is 0 Å². The molecule has 0 fully saturated rings. The van der Waals surface area contributed by atoms with Gasteiger partial charge in [0, 0.05) is 5.69 Å². The molecule has 0 saturated heterocycles. The molecule has 0 atom stereocenters. The lowest BCUT2D eigenvalue weighted by molar-refractivity contribution is -0.137. The van der Waals surface area contributed by atoms with E-state index in [-0.39, 0.29) is 5.56 Å². The van der Waals surface area contributed by atoms with Crippen molar-refractivity contribution in [2.45, 2.75) is 19.5 Å². The zero-order valence-corrected chi connectivity index (χ0v) is 11.3. The summed E-state index contributed by atoms with van der Waals surface area (Å²) in [6.45, 7) is 2.03. The third-order valence-electron chi connectivity index (χ3n) is 3.11. The van der Waals surface area contributed by atoms with Gasteiger partial charge in [-0.3, -0.25) is 0 Å². The maximum absolute atomic E-state index is 12.6. The smallest absolute Gasteiger partial charge is 0.354 e. The van der Waals surface area contributed by atoms with Crippen LogP contribution in [0.25, 0.3) is 0 Å². The summed E-state index contributed by atoms with van der Waals surface area (Å²) < 4.78 is 37.8. The van der Waals surface area contributed by atoms with Crippen LogP contribution in [0, 0.1) is 11.3 Å². The molecule has 2 nitrogen and oxygen atoms in total. The second-order valence-corrected chi connectivity index (χ2v) is 4.55. The van der Waals surface area contributed by atoms with Crippen molar-refractivity contribution in [3.05, 3.63) is 59.2 Å². The summed E-state index contributed by atoms with van der Waals surface area (Å²) in [5, 5.41) is 12.0. The molecule has 2 aromatic rings. The van der Waals surface area contributed by atoms with Crippen molar-refractivity contribution in [3.8, 4) is 6.07 Å². The van der Waals surface area contributed by atoms with Crippen LogP contribution in [0.5, 0.6) is 0 Å². The second-order valence-electron chi connectivity index (χ2n) is 4.55.